The summed E-state index contributed by atoms with van der Waals surface area (Å²) in [6.07, 6.45) is 2.43. The molecule has 1 atom stereocenters. The van der Waals surface area contributed by atoms with Crippen LogP contribution in [0.25, 0.3) is 0 Å². The molecule has 0 amide bonds. The van der Waals surface area contributed by atoms with Crippen LogP contribution in [0.5, 0.6) is 0 Å². The number of aliphatic carboxylic acids is 1. The van der Waals surface area contributed by atoms with Crippen molar-refractivity contribution in [1.82, 2.24) is 0 Å². The quantitative estimate of drug-likeness (QED) is 0.805. The Kier molecular flexibility index (Phi) is 3.33. The van der Waals surface area contributed by atoms with Crippen LogP contribution in [0, 0.1) is 5.92 Å². The van der Waals surface area contributed by atoms with Gasteiger partial charge in [0.05, 0.1) is 6.26 Å². The summed E-state index contributed by atoms with van der Waals surface area (Å²) in [5.41, 5.74) is 1.01. The molecule has 3 nitrogen and oxygen atoms in total. The molecule has 0 saturated heterocycles. The number of carboxylic acid groups (broad SMARTS) is 1. The highest BCUT2D eigenvalue weighted by atomic mass is 16.4. The second-order valence-corrected chi connectivity index (χ2v) is 3.97. The molecule has 0 aliphatic heterocycles. The van der Waals surface area contributed by atoms with Crippen molar-refractivity contribution >= 4 is 5.97 Å². The van der Waals surface area contributed by atoms with Gasteiger partial charge in [0.2, 0.25) is 0 Å². The molecule has 1 aromatic heterocycles. The summed E-state index contributed by atoms with van der Waals surface area (Å²) in [5.74, 6) is -0.303. The molecule has 0 aliphatic rings. The van der Waals surface area contributed by atoms with Crippen LogP contribution in [0.2, 0.25) is 0 Å². The predicted octanol–water partition coefficient (Wildman–Crippen LogP) is 2.67. The first-order valence-corrected chi connectivity index (χ1v) is 4.81. The normalized spacial score (nSPS) is 13.1. The monoisotopic (exact) mass is 196 g/mol. The molecule has 0 spiro atoms. The molecule has 0 radical (unpaired) electrons. The predicted molar refractivity (Wildman–Crippen MR) is 53.3 cm³/mol. The van der Waals surface area contributed by atoms with E-state index in [0.717, 1.165) is 12.0 Å². The van der Waals surface area contributed by atoms with E-state index in [-0.39, 0.29) is 0 Å². The van der Waals surface area contributed by atoms with E-state index in [9.17, 15) is 4.79 Å². The van der Waals surface area contributed by atoms with E-state index in [1.165, 1.54) is 0 Å². The third-order valence-electron chi connectivity index (χ3n) is 2.17. The second-order valence-electron chi connectivity index (χ2n) is 3.97. The first-order valence-electron chi connectivity index (χ1n) is 4.81. The van der Waals surface area contributed by atoms with Crippen molar-refractivity contribution in [3.63, 3.8) is 0 Å². The van der Waals surface area contributed by atoms with Crippen molar-refractivity contribution in [1.29, 1.82) is 0 Å². The van der Waals surface area contributed by atoms with Gasteiger partial charge in [0.15, 0.2) is 0 Å². The Hall–Kier alpha value is -1.25. The zero-order chi connectivity index (χ0) is 10.7. The van der Waals surface area contributed by atoms with Crippen LogP contribution in [0.4, 0.5) is 0 Å². The average Bonchev–Trinajstić information content (AvgIpc) is 2.49. The molecule has 1 aromatic rings. The van der Waals surface area contributed by atoms with Crippen molar-refractivity contribution in [2.75, 3.05) is 0 Å². The van der Waals surface area contributed by atoms with Gasteiger partial charge < -0.3 is 9.52 Å². The maximum atomic E-state index is 10.8. The van der Waals surface area contributed by atoms with Crippen LogP contribution < -0.4 is 0 Å². The molecular formula is C11H16O3. The maximum Gasteiger partial charge on any atom is 0.313 e. The van der Waals surface area contributed by atoms with E-state index in [4.69, 9.17) is 9.52 Å². The summed E-state index contributed by atoms with van der Waals surface area (Å²) in [6.45, 7) is 5.84. The number of carboxylic acids is 1. The first-order chi connectivity index (χ1) is 6.52. The van der Waals surface area contributed by atoms with E-state index in [1.54, 1.807) is 13.2 Å². The van der Waals surface area contributed by atoms with Gasteiger partial charge in [-0.25, -0.2) is 0 Å². The van der Waals surface area contributed by atoms with Crippen LogP contribution in [0.3, 0.4) is 0 Å². The molecule has 14 heavy (non-hydrogen) atoms. The Morgan fingerprint density at radius 3 is 2.64 bits per heavy atom. The van der Waals surface area contributed by atoms with Gasteiger partial charge in [-0.1, -0.05) is 13.8 Å². The van der Waals surface area contributed by atoms with Gasteiger partial charge in [-0.2, -0.15) is 0 Å². The van der Waals surface area contributed by atoms with E-state index >= 15 is 0 Å². The molecule has 0 bridgehead atoms. The third kappa shape index (κ3) is 2.37. The molecule has 0 fully saturated rings. The second kappa shape index (κ2) is 4.31. The van der Waals surface area contributed by atoms with Crippen molar-refractivity contribution in [3.8, 4) is 0 Å². The maximum absolute atomic E-state index is 10.8. The minimum Gasteiger partial charge on any atom is -0.481 e. The SMILES string of the molecule is CC(C)Cc1ccoc1C(C)C(=O)O. The Morgan fingerprint density at radius 2 is 2.14 bits per heavy atom. The molecule has 1 N–H and O–H groups in total. The molecule has 1 rings (SSSR count). The fourth-order valence-electron chi connectivity index (χ4n) is 1.45. The molecule has 1 unspecified atom stereocenters. The largest absolute Gasteiger partial charge is 0.481 e. The van der Waals surface area contributed by atoms with E-state index in [1.807, 2.05) is 6.07 Å². The number of carbonyl (C=O) groups is 1. The molecule has 3 heteroatoms. The van der Waals surface area contributed by atoms with Gasteiger partial charge >= 0.3 is 5.97 Å². The Balaban J connectivity index is 2.86. The van der Waals surface area contributed by atoms with Gasteiger partial charge in [-0.15, -0.1) is 0 Å². The highest BCUT2D eigenvalue weighted by Crippen LogP contribution is 2.23. The number of rotatable bonds is 4. The summed E-state index contributed by atoms with van der Waals surface area (Å²) in [7, 11) is 0. The highest BCUT2D eigenvalue weighted by molar-refractivity contribution is 5.75. The number of hydrogen-bond acceptors (Lipinski definition) is 2. The van der Waals surface area contributed by atoms with Crippen LogP contribution in [-0.4, -0.2) is 11.1 Å². The lowest BCUT2D eigenvalue weighted by atomic mass is 9.98. The standard InChI is InChI=1S/C11H16O3/c1-7(2)6-9-4-5-14-10(9)8(3)11(12)13/h4-5,7-8H,6H2,1-3H3,(H,12,13). The number of furan rings is 1. The minimum atomic E-state index is -0.843. The Morgan fingerprint density at radius 1 is 1.50 bits per heavy atom. The molecular weight excluding hydrogens is 180 g/mol. The van der Waals surface area contributed by atoms with Crippen molar-refractivity contribution in [2.45, 2.75) is 33.1 Å². The topological polar surface area (TPSA) is 50.4 Å². The van der Waals surface area contributed by atoms with Crippen molar-refractivity contribution < 1.29 is 14.3 Å². The Labute approximate surface area is 83.7 Å². The zero-order valence-corrected chi connectivity index (χ0v) is 8.78. The fourth-order valence-corrected chi connectivity index (χ4v) is 1.45. The molecule has 0 aliphatic carbocycles. The van der Waals surface area contributed by atoms with Gasteiger partial charge in [-0.05, 0) is 30.9 Å². The van der Waals surface area contributed by atoms with Crippen LogP contribution in [-0.2, 0) is 11.2 Å². The molecule has 0 saturated carbocycles. The van der Waals surface area contributed by atoms with Crippen molar-refractivity contribution in [2.24, 2.45) is 5.92 Å². The lowest BCUT2D eigenvalue weighted by Crippen LogP contribution is -2.09. The summed E-state index contributed by atoms with van der Waals surface area (Å²) in [4.78, 5) is 10.8. The summed E-state index contributed by atoms with van der Waals surface area (Å²) in [5, 5.41) is 8.85. The number of hydrogen-bond donors (Lipinski definition) is 1. The van der Waals surface area contributed by atoms with E-state index in [0.29, 0.717) is 11.7 Å². The van der Waals surface area contributed by atoms with E-state index in [2.05, 4.69) is 13.8 Å². The zero-order valence-electron chi connectivity index (χ0n) is 8.78. The summed E-state index contributed by atoms with van der Waals surface area (Å²) < 4.78 is 5.21. The summed E-state index contributed by atoms with van der Waals surface area (Å²) in [6, 6.07) is 1.86. The van der Waals surface area contributed by atoms with E-state index < -0.39 is 11.9 Å². The molecule has 78 valence electrons. The lowest BCUT2D eigenvalue weighted by Gasteiger charge is -2.08. The van der Waals surface area contributed by atoms with Gasteiger partial charge in [0.25, 0.3) is 0 Å². The smallest absolute Gasteiger partial charge is 0.313 e. The minimum absolute atomic E-state index is 0.507. The molecule has 0 aromatic carbocycles. The summed E-state index contributed by atoms with van der Waals surface area (Å²) >= 11 is 0. The lowest BCUT2D eigenvalue weighted by molar-refractivity contribution is -0.138. The Bertz CT molecular complexity index is 312. The van der Waals surface area contributed by atoms with Crippen LogP contribution in [0.1, 0.15) is 38.0 Å². The van der Waals surface area contributed by atoms with Gasteiger partial charge in [-0.3, -0.25) is 4.79 Å². The average molecular weight is 196 g/mol. The first kappa shape index (κ1) is 10.8. The highest BCUT2D eigenvalue weighted by Gasteiger charge is 2.20. The van der Waals surface area contributed by atoms with Crippen LogP contribution >= 0.6 is 0 Å². The third-order valence-corrected chi connectivity index (χ3v) is 2.17. The van der Waals surface area contributed by atoms with Crippen LogP contribution in [0.15, 0.2) is 16.7 Å². The van der Waals surface area contributed by atoms with Crippen molar-refractivity contribution in [3.05, 3.63) is 23.7 Å². The van der Waals surface area contributed by atoms with Gasteiger partial charge in [0, 0.05) is 0 Å². The van der Waals surface area contributed by atoms with Gasteiger partial charge in [0.1, 0.15) is 11.7 Å². The fraction of sp³-hybridized carbons (Fsp3) is 0.545. The molecule has 1 heterocycles.